The SMILES string of the molecule is FC1(F)CCC(n2ccnc2-c2ncc[nH]2)CC1. The molecule has 3 rings (SSSR count). The standard InChI is InChI=1S/C12H14F2N4/c13-12(14)3-1-9(2-4-12)18-8-7-17-11(18)10-15-5-6-16-10/h5-9H,1-4H2,(H,15,16). The Labute approximate surface area is 103 Å². The maximum Gasteiger partial charge on any atom is 0.248 e. The van der Waals surface area contributed by atoms with Crippen molar-refractivity contribution in [1.82, 2.24) is 19.5 Å². The number of rotatable bonds is 2. The highest BCUT2D eigenvalue weighted by atomic mass is 19.3. The summed E-state index contributed by atoms with van der Waals surface area (Å²) in [6, 6.07) is 0.0900. The molecule has 0 spiro atoms. The molecule has 0 aliphatic heterocycles. The third-order valence-electron chi connectivity index (χ3n) is 3.46. The highest BCUT2D eigenvalue weighted by molar-refractivity contribution is 5.43. The topological polar surface area (TPSA) is 46.5 Å². The van der Waals surface area contributed by atoms with Gasteiger partial charge in [-0.3, -0.25) is 0 Å². The number of H-pyrrole nitrogens is 1. The lowest BCUT2D eigenvalue weighted by Crippen LogP contribution is -2.26. The van der Waals surface area contributed by atoms with Gasteiger partial charge in [0, 0.05) is 43.7 Å². The molecule has 1 saturated carbocycles. The maximum absolute atomic E-state index is 13.1. The van der Waals surface area contributed by atoms with Crippen LogP contribution in [0.4, 0.5) is 8.78 Å². The Balaban J connectivity index is 1.84. The van der Waals surface area contributed by atoms with E-state index >= 15 is 0 Å². The Hall–Kier alpha value is -1.72. The summed E-state index contributed by atoms with van der Waals surface area (Å²) < 4.78 is 28.3. The summed E-state index contributed by atoms with van der Waals surface area (Å²) in [6.45, 7) is 0. The molecule has 0 saturated heterocycles. The van der Waals surface area contributed by atoms with Crippen LogP contribution in [0.25, 0.3) is 11.6 Å². The molecule has 2 heterocycles. The summed E-state index contributed by atoms with van der Waals surface area (Å²) in [5.74, 6) is -1.10. The molecule has 1 aliphatic rings. The van der Waals surface area contributed by atoms with Crippen molar-refractivity contribution in [2.45, 2.75) is 37.6 Å². The minimum atomic E-state index is -2.50. The number of nitrogens with one attached hydrogen (secondary N) is 1. The van der Waals surface area contributed by atoms with Gasteiger partial charge in [-0.25, -0.2) is 18.7 Å². The Bertz CT molecular complexity index is 508. The van der Waals surface area contributed by atoms with E-state index in [4.69, 9.17) is 0 Å². The molecule has 0 unspecified atom stereocenters. The Morgan fingerprint density at radius 1 is 1.22 bits per heavy atom. The van der Waals surface area contributed by atoms with E-state index in [0.717, 1.165) is 5.82 Å². The number of halogens is 2. The minimum Gasteiger partial charge on any atom is -0.342 e. The molecule has 1 N–H and O–H groups in total. The van der Waals surface area contributed by atoms with Crippen molar-refractivity contribution in [2.24, 2.45) is 0 Å². The van der Waals surface area contributed by atoms with Gasteiger partial charge in [0.05, 0.1) is 0 Å². The summed E-state index contributed by atoms with van der Waals surface area (Å²) in [7, 11) is 0. The van der Waals surface area contributed by atoms with Gasteiger partial charge in [0.2, 0.25) is 5.92 Å². The van der Waals surface area contributed by atoms with Gasteiger partial charge >= 0.3 is 0 Å². The third-order valence-corrected chi connectivity index (χ3v) is 3.46. The predicted molar refractivity (Wildman–Crippen MR) is 62.3 cm³/mol. The smallest absolute Gasteiger partial charge is 0.248 e. The Kier molecular flexibility index (Phi) is 2.65. The number of nitrogens with zero attached hydrogens (tertiary/aromatic N) is 3. The van der Waals surface area contributed by atoms with Crippen LogP contribution in [0.5, 0.6) is 0 Å². The van der Waals surface area contributed by atoms with Crippen molar-refractivity contribution < 1.29 is 8.78 Å². The van der Waals surface area contributed by atoms with E-state index in [9.17, 15) is 8.78 Å². The molecule has 0 bridgehead atoms. The van der Waals surface area contributed by atoms with Crippen molar-refractivity contribution >= 4 is 0 Å². The predicted octanol–water partition coefficient (Wildman–Crippen LogP) is 3.02. The van der Waals surface area contributed by atoms with Crippen LogP contribution in [0.3, 0.4) is 0 Å². The molecule has 2 aromatic heterocycles. The van der Waals surface area contributed by atoms with Crippen LogP contribution in [0.2, 0.25) is 0 Å². The van der Waals surface area contributed by atoms with Gasteiger partial charge in [-0.2, -0.15) is 0 Å². The number of aromatic nitrogens is 4. The zero-order valence-corrected chi connectivity index (χ0v) is 9.81. The first-order valence-electron chi connectivity index (χ1n) is 6.06. The molecule has 18 heavy (non-hydrogen) atoms. The summed E-state index contributed by atoms with van der Waals surface area (Å²) >= 11 is 0. The van der Waals surface area contributed by atoms with Gasteiger partial charge in [0.15, 0.2) is 11.6 Å². The van der Waals surface area contributed by atoms with Gasteiger partial charge in [-0.1, -0.05) is 0 Å². The van der Waals surface area contributed by atoms with E-state index in [2.05, 4.69) is 15.0 Å². The lowest BCUT2D eigenvalue weighted by molar-refractivity contribution is -0.0438. The number of alkyl halides is 2. The van der Waals surface area contributed by atoms with Crippen molar-refractivity contribution in [3.63, 3.8) is 0 Å². The molecule has 0 radical (unpaired) electrons. The summed E-state index contributed by atoms with van der Waals surface area (Å²) in [4.78, 5) is 11.4. The minimum absolute atomic E-state index is 0.0482. The second kappa shape index (κ2) is 4.19. The monoisotopic (exact) mass is 252 g/mol. The quantitative estimate of drug-likeness (QED) is 0.893. The van der Waals surface area contributed by atoms with Gasteiger partial charge in [0.1, 0.15) is 0 Å². The summed E-state index contributed by atoms with van der Waals surface area (Å²) in [5, 5.41) is 0. The number of hydrogen-bond acceptors (Lipinski definition) is 2. The van der Waals surface area contributed by atoms with Gasteiger partial charge in [-0.15, -0.1) is 0 Å². The van der Waals surface area contributed by atoms with Gasteiger partial charge < -0.3 is 9.55 Å². The molecule has 0 atom stereocenters. The average molecular weight is 252 g/mol. The normalized spacial score (nSPS) is 20.1. The fourth-order valence-corrected chi connectivity index (χ4v) is 2.48. The molecule has 2 aromatic rings. The van der Waals surface area contributed by atoms with Crippen LogP contribution in [0.1, 0.15) is 31.7 Å². The van der Waals surface area contributed by atoms with Gasteiger partial charge in [-0.05, 0) is 12.8 Å². The molecular weight excluding hydrogens is 238 g/mol. The van der Waals surface area contributed by atoms with Crippen LogP contribution >= 0.6 is 0 Å². The lowest BCUT2D eigenvalue weighted by atomic mass is 9.92. The van der Waals surface area contributed by atoms with E-state index in [0.29, 0.717) is 18.7 Å². The summed E-state index contributed by atoms with van der Waals surface area (Å²) in [5.41, 5.74) is 0. The molecular formula is C12H14F2N4. The number of imidazole rings is 2. The van der Waals surface area contributed by atoms with Crippen LogP contribution in [0, 0.1) is 0 Å². The van der Waals surface area contributed by atoms with Crippen molar-refractivity contribution in [2.75, 3.05) is 0 Å². The van der Waals surface area contributed by atoms with Crippen LogP contribution in [-0.2, 0) is 0 Å². The number of aromatic amines is 1. The zero-order valence-electron chi connectivity index (χ0n) is 9.81. The average Bonchev–Trinajstić information content (AvgIpc) is 2.99. The largest absolute Gasteiger partial charge is 0.342 e. The lowest BCUT2D eigenvalue weighted by Gasteiger charge is -2.29. The molecule has 0 aromatic carbocycles. The van der Waals surface area contributed by atoms with E-state index in [1.807, 2.05) is 10.8 Å². The van der Waals surface area contributed by atoms with Crippen LogP contribution in [0.15, 0.2) is 24.8 Å². The zero-order chi connectivity index (χ0) is 12.6. The van der Waals surface area contributed by atoms with Gasteiger partial charge in [0.25, 0.3) is 0 Å². The first-order chi connectivity index (χ1) is 8.66. The maximum atomic E-state index is 13.1. The van der Waals surface area contributed by atoms with Crippen LogP contribution < -0.4 is 0 Å². The highest BCUT2D eigenvalue weighted by Crippen LogP contribution is 2.39. The van der Waals surface area contributed by atoms with Crippen LogP contribution in [-0.4, -0.2) is 25.4 Å². The summed E-state index contributed by atoms with van der Waals surface area (Å²) in [6.07, 6.45) is 7.78. The first kappa shape index (κ1) is 11.4. The van der Waals surface area contributed by atoms with E-state index in [1.165, 1.54) is 0 Å². The van der Waals surface area contributed by atoms with Crippen molar-refractivity contribution in [1.29, 1.82) is 0 Å². The third kappa shape index (κ3) is 2.02. The molecule has 1 aliphatic carbocycles. The van der Waals surface area contributed by atoms with Crippen molar-refractivity contribution in [3.05, 3.63) is 24.8 Å². The van der Waals surface area contributed by atoms with E-state index in [-0.39, 0.29) is 18.9 Å². The number of hydrogen-bond donors (Lipinski definition) is 1. The highest BCUT2D eigenvalue weighted by Gasteiger charge is 2.36. The van der Waals surface area contributed by atoms with E-state index < -0.39 is 5.92 Å². The molecule has 6 heteroatoms. The second-order valence-corrected chi connectivity index (χ2v) is 4.68. The van der Waals surface area contributed by atoms with E-state index in [1.54, 1.807) is 18.6 Å². The first-order valence-corrected chi connectivity index (χ1v) is 6.06. The fourth-order valence-electron chi connectivity index (χ4n) is 2.48. The van der Waals surface area contributed by atoms with Crippen molar-refractivity contribution in [3.8, 4) is 11.6 Å². The molecule has 0 amide bonds. The molecule has 1 fully saturated rings. The Morgan fingerprint density at radius 3 is 2.67 bits per heavy atom. The second-order valence-electron chi connectivity index (χ2n) is 4.68. The molecule has 96 valence electrons. The molecule has 4 nitrogen and oxygen atoms in total. The Morgan fingerprint density at radius 2 is 2.00 bits per heavy atom. The fraction of sp³-hybridized carbons (Fsp3) is 0.500.